The molecule has 5 heteroatoms. The normalized spacial score (nSPS) is 13.9. The molecule has 118 valence electrons. The fraction of sp³-hybridized carbons (Fsp3) is 0.294. The molecular formula is C17H19ClFNO2. The van der Waals surface area contributed by atoms with Crippen LogP contribution in [0.1, 0.15) is 35.8 Å². The van der Waals surface area contributed by atoms with Crippen molar-refractivity contribution in [2.24, 2.45) is 0 Å². The van der Waals surface area contributed by atoms with Crippen LogP contribution in [0.3, 0.4) is 0 Å². The second-order valence-corrected chi connectivity index (χ2v) is 5.63. The van der Waals surface area contributed by atoms with Crippen LogP contribution in [0.2, 0.25) is 5.02 Å². The summed E-state index contributed by atoms with van der Waals surface area (Å²) in [5.41, 5.74) is 2.33. The molecule has 3 nitrogen and oxygen atoms in total. The molecule has 2 unspecified atom stereocenters. The Bertz CT molecular complexity index is 636. The molecule has 2 rings (SSSR count). The SMILES string of the molecule is CC(NCC(O)c1ccc(Cl)c(F)c1)c1cccc(CO)c1. The first-order valence-electron chi connectivity index (χ1n) is 7.07. The van der Waals surface area contributed by atoms with Gasteiger partial charge in [-0.25, -0.2) is 4.39 Å². The lowest BCUT2D eigenvalue weighted by Gasteiger charge is -2.18. The molecule has 0 fully saturated rings. The van der Waals surface area contributed by atoms with Gasteiger partial charge in [0.2, 0.25) is 0 Å². The van der Waals surface area contributed by atoms with Gasteiger partial charge in [0.05, 0.1) is 17.7 Å². The zero-order valence-corrected chi connectivity index (χ0v) is 13.0. The summed E-state index contributed by atoms with van der Waals surface area (Å²) in [6, 6.07) is 11.9. The summed E-state index contributed by atoms with van der Waals surface area (Å²) in [5.74, 6) is -0.540. The van der Waals surface area contributed by atoms with E-state index < -0.39 is 11.9 Å². The van der Waals surface area contributed by atoms with Gasteiger partial charge in [0, 0.05) is 12.6 Å². The number of hydrogen-bond donors (Lipinski definition) is 3. The molecule has 0 amide bonds. The minimum absolute atomic E-state index is 0.00158. The van der Waals surface area contributed by atoms with Gasteiger partial charge in [-0.05, 0) is 35.7 Å². The molecule has 2 aromatic carbocycles. The van der Waals surface area contributed by atoms with Crippen LogP contribution in [0.15, 0.2) is 42.5 Å². The maximum absolute atomic E-state index is 13.4. The van der Waals surface area contributed by atoms with Crippen molar-refractivity contribution in [3.05, 3.63) is 70.0 Å². The van der Waals surface area contributed by atoms with Crippen molar-refractivity contribution in [1.29, 1.82) is 0 Å². The molecule has 0 saturated heterocycles. The van der Waals surface area contributed by atoms with Crippen LogP contribution in [0.4, 0.5) is 4.39 Å². The van der Waals surface area contributed by atoms with E-state index in [1.54, 1.807) is 6.07 Å². The standard InChI is InChI=1S/C17H19ClFNO2/c1-11(13-4-2-3-12(7-13)10-21)20-9-17(22)14-5-6-15(18)16(19)8-14/h2-8,11,17,20-22H,9-10H2,1H3. The van der Waals surface area contributed by atoms with Crippen molar-refractivity contribution in [2.45, 2.75) is 25.7 Å². The zero-order valence-electron chi connectivity index (χ0n) is 12.3. The fourth-order valence-electron chi connectivity index (χ4n) is 2.20. The van der Waals surface area contributed by atoms with Crippen molar-refractivity contribution in [3.8, 4) is 0 Å². The molecule has 0 heterocycles. The minimum atomic E-state index is -0.824. The third-order valence-corrected chi connectivity index (χ3v) is 3.89. The van der Waals surface area contributed by atoms with Crippen molar-refractivity contribution >= 4 is 11.6 Å². The van der Waals surface area contributed by atoms with Crippen molar-refractivity contribution in [3.63, 3.8) is 0 Å². The predicted octanol–water partition coefficient (Wildman–Crippen LogP) is 3.36. The van der Waals surface area contributed by atoms with Crippen molar-refractivity contribution in [2.75, 3.05) is 6.54 Å². The van der Waals surface area contributed by atoms with Crippen LogP contribution < -0.4 is 5.32 Å². The first kappa shape index (κ1) is 16.9. The number of nitrogens with one attached hydrogen (secondary N) is 1. The van der Waals surface area contributed by atoms with Gasteiger partial charge >= 0.3 is 0 Å². The monoisotopic (exact) mass is 323 g/mol. The Hall–Kier alpha value is -1.46. The Morgan fingerprint density at radius 1 is 1.18 bits per heavy atom. The number of rotatable bonds is 6. The Balaban J connectivity index is 1.97. The Morgan fingerprint density at radius 2 is 1.95 bits per heavy atom. The average molecular weight is 324 g/mol. The van der Waals surface area contributed by atoms with Crippen LogP contribution in [0.5, 0.6) is 0 Å². The van der Waals surface area contributed by atoms with Gasteiger partial charge < -0.3 is 15.5 Å². The lowest BCUT2D eigenvalue weighted by molar-refractivity contribution is 0.170. The highest BCUT2D eigenvalue weighted by Gasteiger charge is 2.12. The fourth-order valence-corrected chi connectivity index (χ4v) is 2.32. The topological polar surface area (TPSA) is 52.5 Å². The zero-order chi connectivity index (χ0) is 16.1. The first-order chi connectivity index (χ1) is 10.5. The molecule has 2 aromatic rings. The van der Waals surface area contributed by atoms with Gasteiger partial charge in [0.25, 0.3) is 0 Å². The summed E-state index contributed by atoms with van der Waals surface area (Å²) >= 11 is 5.63. The van der Waals surface area contributed by atoms with Gasteiger partial charge in [-0.15, -0.1) is 0 Å². The van der Waals surface area contributed by atoms with Crippen molar-refractivity contribution in [1.82, 2.24) is 5.32 Å². The van der Waals surface area contributed by atoms with Gasteiger partial charge in [0.15, 0.2) is 0 Å². The van der Waals surface area contributed by atoms with E-state index in [0.717, 1.165) is 11.1 Å². The summed E-state index contributed by atoms with van der Waals surface area (Å²) in [7, 11) is 0. The second-order valence-electron chi connectivity index (χ2n) is 5.22. The number of aliphatic hydroxyl groups excluding tert-OH is 2. The van der Waals surface area contributed by atoms with E-state index in [2.05, 4.69) is 5.32 Å². The van der Waals surface area contributed by atoms with Gasteiger partial charge in [0.1, 0.15) is 5.82 Å². The van der Waals surface area contributed by atoms with E-state index in [1.807, 2.05) is 31.2 Å². The van der Waals surface area contributed by atoms with Crippen LogP contribution >= 0.6 is 11.6 Å². The van der Waals surface area contributed by atoms with Gasteiger partial charge in [-0.2, -0.15) is 0 Å². The molecule has 0 saturated carbocycles. The van der Waals surface area contributed by atoms with E-state index >= 15 is 0 Å². The Labute approximate surface area is 134 Å². The molecule has 0 spiro atoms. The molecule has 3 N–H and O–H groups in total. The molecule has 22 heavy (non-hydrogen) atoms. The second kappa shape index (κ2) is 7.70. The largest absolute Gasteiger partial charge is 0.392 e. The third kappa shape index (κ3) is 4.27. The molecule has 2 atom stereocenters. The first-order valence-corrected chi connectivity index (χ1v) is 7.45. The number of halogens is 2. The van der Waals surface area contributed by atoms with Crippen LogP contribution in [0.25, 0.3) is 0 Å². The summed E-state index contributed by atoms with van der Waals surface area (Å²) in [5, 5.41) is 22.5. The predicted molar refractivity (Wildman–Crippen MR) is 85.2 cm³/mol. The molecule has 0 aliphatic carbocycles. The number of hydrogen-bond acceptors (Lipinski definition) is 3. The lowest BCUT2D eigenvalue weighted by atomic mass is 10.0. The Kier molecular flexibility index (Phi) is 5.91. The van der Waals surface area contributed by atoms with E-state index in [-0.39, 0.29) is 24.2 Å². The van der Waals surface area contributed by atoms with E-state index in [1.165, 1.54) is 12.1 Å². The molecule has 0 radical (unpaired) electrons. The van der Waals surface area contributed by atoms with Crippen molar-refractivity contribution < 1.29 is 14.6 Å². The van der Waals surface area contributed by atoms with Gasteiger partial charge in [-0.3, -0.25) is 0 Å². The van der Waals surface area contributed by atoms with Gasteiger partial charge in [-0.1, -0.05) is 41.9 Å². The quantitative estimate of drug-likeness (QED) is 0.764. The summed E-state index contributed by atoms with van der Waals surface area (Å²) < 4.78 is 13.4. The molecule has 0 aliphatic rings. The van der Waals surface area contributed by atoms with Crippen LogP contribution in [-0.4, -0.2) is 16.8 Å². The highest BCUT2D eigenvalue weighted by Crippen LogP contribution is 2.21. The highest BCUT2D eigenvalue weighted by atomic mass is 35.5. The summed E-state index contributed by atoms with van der Waals surface area (Å²) in [6.07, 6.45) is -0.824. The third-order valence-electron chi connectivity index (χ3n) is 3.58. The molecule has 0 aliphatic heterocycles. The smallest absolute Gasteiger partial charge is 0.142 e. The highest BCUT2D eigenvalue weighted by molar-refractivity contribution is 6.30. The van der Waals surface area contributed by atoms with E-state index in [4.69, 9.17) is 16.7 Å². The van der Waals surface area contributed by atoms with E-state index in [0.29, 0.717) is 5.56 Å². The summed E-state index contributed by atoms with van der Waals surface area (Å²) in [4.78, 5) is 0. The lowest BCUT2D eigenvalue weighted by Crippen LogP contribution is -2.24. The molecular weight excluding hydrogens is 305 g/mol. The average Bonchev–Trinajstić information content (AvgIpc) is 2.54. The minimum Gasteiger partial charge on any atom is -0.392 e. The Morgan fingerprint density at radius 3 is 2.64 bits per heavy atom. The van der Waals surface area contributed by atoms with Crippen LogP contribution in [0, 0.1) is 5.82 Å². The van der Waals surface area contributed by atoms with Crippen LogP contribution in [-0.2, 0) is 6.61 Å². The van der Waals surface area contributed by atoms with E-state index in [9.17, 15) is 9.50 Å². The maximum atomic E-state index is 13.4. The molecule has 0 bridgehead atoms. The summed E-state index contributed by atoms with van der Waals surface area (Å²) in [6.45, 7) is 2.24. The number of benzene rings is 2. The molecule has 0 aromatic heterocycles. The number of aliphatic hydroxyl groups is 2. The maximum Gasteiger partial charge on any atom is 0.142 e.